The molecule has 0 saturated carbocycles. The van der Waals surface area contributed by atoms with Crippen LogP contribution in [0.3, 0.4) is 0 Å². The molecule has 64 valence electrons. The predicted molar refractivity (Wildman–Crippen MR) is 47.1 cm³/mol. The van der Waals surface area contributed by atoms with Gasteiger partial charge < -0.3 is 4.98 Å². The number of aromatic amines is 1. The summed E-state index contributed by atoms with van der Waals surface area (Å²) in [6.45, 7) is 0. The normalized spacial score (nSPS) is 9.92. The molecule has 2 aromatic rings. The fourth-order valence-corrected chi connectivity index (χ4v) is 1.21. The first-order valence-corrected chi connectivity index (χ1v) is 3.63. The van der Waals surface area contributed by atoms with Gasteiger partial charge in [0, 0.05) is 22.0 Å². The van der Waals surface area contributed by atoms with Gasteiger partial charge in [-0.3, -0.25) is 0 Å². The quantitative estimate of drug-likeness (QED) is 0.393. The van der Waals surface area contributed by atoms with Crippen LogP contribution in [0.1, 0.15) is 0 Å². The van der Waals surface area contributed by atoms with Gasteiger partial charge >= 0.3 is 0 Å². The fourth-order valence-electron chi connectivity index (χ4n) is 1.21. The SMILES string of the molecule is [N-]=[N+]=Nc1c[nH]c2cc(F)ccc12. The van der Waals surface area contributed by atoms with Crippen LogP contribution in [0, 0.1) is 5.82 Å². The number of azide groups is 1. The van der Waals surface area contributed by atoms with Crippen molar-refractivity contribution in [1.82, 2.24) is 4.98 Å². The number of rotatable bonds is 1. The Bertz CT molecular complexity index is 496. The minimum atomic E-state index is -0.318. The maximum Gasteiger partial charge on any atom is 0.125 e. The summed E-state index contributed by atoms with van der Waals surface area (Å²) in [7, 11) is 0. The van der Waals surface area contributed by atoms with Crippen molar-refractivity contribution in [2.45, 2.75) is 0 Å². The van der Waals surface area contributed by atoms with Crippen LogP contribution in [-0.4, -0.2) is 4.98 Å². The third-order valence-electron chi connectivity index (χ3n) is 1.77. The highest BCUT2D eigenvalue weighted by Gasteiger charge is 2.01. The fraction of sp³-hybridized carbons (Fsp3) is 0. The molecule has 0 bridgehead atoms. The zero-order valence-electron chi connectivity index (χ0n) is 6.53. The molecule has 0 unspecified atom stereocenters. The van der Waals surface area contributed by atoms with E-state index in [0.717, 1.165) is 5.39 Å². The van der Waals surface area contributed by atoms with Crippen molar-refractivity contribution in [2.75, 3.05) is 0 Å². The van der Waals surface area contributed by atoms with Gasteiger partial charge in [-0.05, 0) is 23.7 Å². The molecule has 0 saturated heterocycles. The molecular weight excluding hydrogens is 171 g/mol. The van der Waals surface area contributed by atoms with Gasteiger partial charge in [0.15, 0.2) is 0 Å². The van der Waals surface area contributed by atoms with Crippen LogP contribution < -0.4 is 0 Å². The number of fused-ring (bicyclic) bond motifs is 1. The zero-order valence-corrected chi connectivity index (χ0v) is 6.53. The van der Waals surface area contributed by atoms with Crippen LogP contribution in [0.2, 0.25) is 0 Å². The van der Waals surface area contributed by atoms with Gasteiger partial charge in [-0.1, -0.05) is 5.11 Å². The molecule has 5 heteroatoms. The van der Waals surface area contributed by atoms with Gasteiger partial charge in [0.05, 0.1) is 5.69 Å². The molecule has 2 rings (SSSR count). The van der Waals surface area contributed by atoms with E-state index < -0.39 is 0 Å². The molecular formula is C8H5FN4. The van der Waals surface area contributed by atoms with Gasteiger partial charge in [0.25, 0.3) is 0 Å². The monoisotopic (exact) mass is 176 g/mol. The molecule has 0 radical (unpaired) electrons. The van der Waals surface area contributed by atoms with Gasteiger partial charge in [-0.2, -0.15) is 0 Å². The number of nitrogens with one attached hydrogen (secondary N) is 1. The molecule has 0 atom stereocenters. The second kappa shape index (κ2) is 2.80. The van der Waals surface area contributed by atoms with Crippen LogP contribution in [-0.2, 0) is 0 Å². The van der Waals surface area contributed by atoms with Gasteiger partial charge in [-0.25, -0.2) is 4.39 Å². The molecule has 1 aromatic heterocycles. The lowest BCUT2D eigenvalue weighted by molar-refractivity contribution is 0.629. The lowest BCUT2D eigenvalue weighted by Crippen LogP contribution is -1.71. The Kier molecular flexibility index (Phi) is 1.65. The Morgan fingerprint density at radius 1 is 1.46 bits per heavy atom. The van der Waals surface area contributed by atoms with E-state index in [1.165, 1.54) is 12.1 Å². The molecule has 0 spiro atoms. The van der Waals surface area contributed by atoms with E-state index >= 15 is 0 Å². The Morgan fingerprint density at radius 2 is 2.31 bits per heavy atom. The highest BCUT2D eigenvalue weighted by Crippen LogP contribution is 2.25. The summed E-state index contributed by atoms with van der Waals surface area (Å²) in [5.74, 6) is -0.318. The van der Waals surface area contributed by atoms with Crippen molar-refractivity contribution in [2.24, 2.45) is 5.11 Å². The topological polar surface area (TPSA) is 64.6 Å². The Labute approximate surface area is 72.6 Å². The zero-order chi connectivity index (χ0) is 9.26. The van der Waals surface area contributed by atoms with Crippen molar-refractivity contribution in [1.29, 1.82) is 0 Å². The molecule has 1 N–H and O–H groups in total. The highest BCUT2D eigenvalue weighted by molar-refractivity contribution is 5.90. The summed E-state index contributed by atoms with van der Waals surface area (Å²) >= 11 is 0. The minimum absolute atomic E-state index is 0.318. The van der Waals surface area contributed by atoms with Crippen LogP contribution in [0.25, 0.3) is 21.3 Å². The summed E-state index contributed by atoms with van der Waals surface area (Å²) in [5.41, 5.74) is 9.33. The molecule has 1 aromatic carbocycles. The lowest BCUT2D eigenvalue weighted by atomic mass is 10.2. The standard InChI is InChI=1S/C8H5FN4/c9-5-1-2-6-7(3-5)11-4-8(6)12-13-10/h1-4,11H. The summed E-state index contributed by atoms with van der Waals surface area (Å²) < 4.78 is 12.7. The molecule has 13 heavy (non-hydrogen) atoms. The molecule has 0 amide bonds. The van der Waals surface area contributed by atoms with E-state index in [1.807, 2.05) is 0 Å². The van der Waals surface area contributed by atoms with Gasteiger partial charge in [-0.15, -0.1) is 0 Å². The number of H-pyrrole nitrogens is 1. The highest BCUT2D eigenvalue weighted by atomic mass is 19.1. The number of nitrogens with zero attached hydrogens (tertiary/aromatic N) is 3. The van der Waals surface area contributed by atoms with Crippen molar-refractivity contribution < 1.29 is 4.39 Å². The average molecular weight is 176 g/mol. The van der Waals surface area contributed by atoms with E-state index in [9.17, 15) is 4.39 Å². The van der Waals surface area contributed by atoms with Crippen LogP contribution >= 0.6 is 0 Å². The summed E-state index contributed by atoms with van der Waals surface area (Å²) in [5, 5.41) is 4.17. The van der Waals surface area contributed by atoms with Crippen molar-refractivity contribution in [3.05, 3.63) is 40.7 Å². The van der Waals surface area contributed by atoms with E-state index in [0.29, 0.717) is 11.2 Å². The first-order chi connectivity index (χ1) is 6.31. The molecule has 0 fully saturated rings. The van der Waals surface area contributed by atoms with Crippen molar-refractivity contribution >= 4 is 16.6 Å². The van der Waals surface area contributed by atoms with E-state index in [2.05, 4.69) is 15.0 Å². The van der Waals surface area contributed by atoms with Gasteiger partial charge in [0.1, 0.15) is 5.82 Å². The Morgan fingerprint density at radius 3 is 3.08 bits per heavy atom. The predicted octanol–water partition coefficient (Wildman–Crippen LogP) is 3.25. The largest absolute Gasteiger partial charge is 0.361 e. The Balaban J connectivity index is 2.75. The van der Waals surface area contributed by atoms with Crippen LogP contribution in [0.15, 0.2) is 29.5 Å². The third-order valence-corrected chi connectivity index (χ3v) is 1.77. The number of halogens is 1. The minimum Gasteiger partial charge on any atom is -0.361 e. The lowest BCUT2D eigenvalue weighted by Gasteiger charge is -1.90. The van der Waals surface area contributed by atoms with Gasteiger partial charge in [0.2, 0.25) is 0 Å². The summed E-state index contributed by atoms with van der Waals surface area (Å²) in [6, 6.07) is 4.25. The first kappa shape index (κ1) is 7.64. The second-order valence-electron chi connectivity index (χ2n) is 2.55. The first-order valence-electron chi connectivity index (χ1n) is 3.63. The number of hydrogen-bond donors (Lipinski definition) is 1. The Hall–Kier alpha value is -2.00. The number of hydrogen-bond acceptors (Lipinski definition) is 1. The smallest absolute Gasteiger partial charge is 0.125 e. The average Bonchev–Trinajstić information content (AvgIpc) is 2.49. The maximum absolute atomic E-state index is 12.7. The molecule has 0 aliphatic heterocycles. The molecule has 0 aliphatic carbocycles. The summed E-state index contributed by atoms with van der Waals surface area (Å²) in [6.07, 6.45) is 1.55. The van der Waals surface area contributed by atoms with Crippen LogP contribution in [0.5, 0.6) is 0 Å². The van der Waals surface area contributed by atoms with E-state index in [4.69, 9.17) is 5.53 Å². The number of benzene rings is 1. The van der Waals surface area contributed by atoms with E-state index in [-0.39, 0.29) is 5.82 Å². The third kappa shape index (κ3) is 1.21. The number of aromatic nitrogens is 1. The van der Waals surface area contributed by atoms with Crippen LogP contribution in [0.4, 0.5) is 10.1 Å². The van der Waals surface area contributed by atoms with Crippen molar-refractivity contribution in [3.8, 4) is 0 Å². The molecule has 0 aliphatic rings. The maximum atomic E-state index is 12.7. The summed E-state index contributed by atoms with van der Waals surface area (Å²) in [4.78, 5) is 5.47. The molecule has 1 heterocycles. The van der Waals surface area contributed by atoms with Crippen molar-refractivity contribution in [3.63, 3.8) is 0 Å². The van der Waals surface area contributed by atoms with E-state index in [1.54, 1.807) is 12.3 Å². The molecule has 4 nitrogen and oxygen atoms in total. The second-order valence-corrected chi connectivity index (χ2v) is 2.55.